The van der Waals surface area contributed by atoms with Gasteiger partial charge in [0, 0.05) is 24.7 Å². The van der Waals surface area contributed by atoms with Crippen molar-refractivity contribution in [2.75, 3.05) is 23.8 Å². The van der Waals surface area contributed by atoms with Crippen molar-refractivity contribution in [1.29, 1.82) is 0 Å². The van der Waals surface area contributed by atoms with Gasteiger partial charge < -0.3 is 10.2 Å². The summed E-state index contributed by atoms with van der Waals surface area (Å²) in [7, 11) is 2.01. The number of rotatable bonds is 5. The maximum atomic E-state index is 13.7. The molecule has 2 aromatic carbocycles. The summed E-state index contributed by atoms with van der Waals surface area (Å²) < 4.78 is 0. The molecule has 3 aromatic rings. The van der Waals surface area contributed by atoms with Gasteiger partial charge in [0.2, 0.25) is 0 Å². The van der Waals surface area contributed by atoms with Crippen LogP contribution in [0.5, 0.6) is 0 Å². The molecule has 6 nitrogen and oxygen atoms in total. The van der Waals surface area contributed by atoms with Crippen LogP contribution in [0.15, 0.2) is 92.9 Å². The van der Waals surface area contributed by atoms with Crippen molar-refractivity contribution in [2.45, 2.75) is 18.4 Å². The molecule has 0 radical (unpaired) electrons. The fourth-order valence-electron chi connectivity index (χ4n) is 3.74. The molecular formula is C25H23N5OS2. The number of nitrogens with one attached hydrogen (secondary N) is 1. The molecule has 33 heavy (non-hydrogen) atoms. The maximum absolute atomic E-state index is 13.7. The molecule has 8 heteroatoms. The van der Waals surface area contributed by atoms with Crippen molar-refractivity contribution < 1.29 is 4.79 Å². The van der Waals surface area contributed by atoms with Crippen molar-refractivity contribution in [1.82, 2.24) is 9.88 Å². The van der Waals surface area contributed by atoms with E-state index in [2.05, 4.69) is 27.3 Å². The topological polar surface area (TPSA) is 60.8 Å². The number of carbonyl (C=O) groups is 1. The Hall–Kier alpha value is -3.23. The minimum Gasteiger partial charge on any atom is -0.383 e. The molecule has 0 unspecified atom stereocenters. The van der Waals surface area contributed by atoms with Gasteiger partial charge in [0.15, 0.2) is 5.17 Å². The van der Waals surface area contributed by atoms with E-state index in [4.69, 9.17) is 4.99 Å². The van der Waals surface area contributed by atoms with Crippen LogP contribution in [0.25, 0.3) is 0 Å². The minimum absolute atomic E-state index is 0.0290. The number of fused-ring (bicyclic) bond motifs is 1. The van der Waals surface area contributed by atoms with Gasteiger partial charge in [-0.3, -0.25) is 14.7 Å². The third-order valence-electron chi connectivity index (χ3n) is 5.36. The molecule has 3 heterocycles. The number of carbonyl (C=O) groups excluding carboxylic acids is 1. The molecule has 5 rings (SSSR count). The number of benzene rings is 2. The molecule has 0 aliphatic carbocycles. The number of amides is 1. The van der Waals surface area contributed by atoms with Gasteiger partial charge in [-0.1, -0.05) is 54.2 Å². The Morgan fingerprint density at radius 1 is 1.03 bits per heavy atom. The van der Waals surface area contributed by atoms with Crippen LogP contribution < -0.4 is 10.2 Å². The molecule has 0 atom stereocenters. The quantitative estimate of drug-likeness (QED) is 0.481. The second-order valence-electron chi connectivity index (χ2n) is 7.56. The molecule has 0 saturated carbocycles. The zero-order valence-electron chi connectivity index (χ0n) is 18.4. The number of pyridine rings is 1. The van der Waals surface area contributed by atoms with E-state index in [0.29, 0.717) is 16.6 Å². The van der Waals surface area contributed by atoms with Gasteiger partial charge >= 0.3 is 0 Å². The van der Waals surface area contributed by atoms with Gasteiger partial charge in [-0.2, -0.15) is 0 Å². The van der Waals surface area contributed by atoms with Crippen LogP contribution in [0.3, 0.4) is 0 Å². The summed E-state index contributed by atoms with van der Waals surface area (Å²) in [5.74, 6) is -0.0290. The normalized spacial score (nSPS) is 18.8. The number of hydrogen-bond donors (Lipinski definition) is 1. The third kappa shape index (κ3) is 4.24. The summed E-state index contributed by atoms with van der Waals surface area (Å²) >= 11 is 3.06. The van der Waals surface area contributed by atoms with Gasteiger partial charge in [0.25, 0.3) is 5.91 Å². The summed E-state index contributed by atoms with van der Waals surface area (Å²) in [4.78, 5) is 28.6. The van der Waals surface area contributed by atoms with E-state index in [1.807, 2.05) is 62.5 Å². The van der Waals surface area contributed by atoms with E-state index in [1.54, 1.807) is 29.1 Å². The Morgan fingerprint density at radius 3 is 2.61 bits per heavy atom. The third-order valence-corrected chi connectivity index (χ3v) is 7.79. The van der Waals surface area contributed by atoms with E-state index in [0.717, 1.165) is 39.1 Å². The number of amidine groups is 1. The minimum atomic E-state index is -0.0290. The fraction of sp³-hybridized carbons (Fsp3) is 0.160. The maximum Gasteiger partial charge on any atom is 0.269 e. The largest absolute Gasteiger partial charge is 0.383 e. The number of aliphatic imine (C=N–C) groups is 1. The van der Waals surface area contributed by atoms with Gasteiger partial charge in [0.1, 0.15) is 10.6 Å². The molecule has 1 fully saturated rings. The lowest BCUT2D eigenvalue weighted by Crippen LogP contribution is -2.29. The summed E-state index contributed by atoms with van der Waals surface area (Å²) in [6.07, 6.45) is 3.47. The first-order valence-electron chi connectivity index (χ1n) is 10.7. The standard InChI is InChI=1S/C25H23N5OS2/c1-3-27-18-13-14-26-15-19(18)28-25-30(16-17-9-5-4-6-10-17)23(31)22(33-25)24-29(2)20-11-7-8-12-21(20)32-24/h4-15H,3,16H2,1-2H3,(H,26,27)/b24-22-,28-25?. The lowest BCUT2D eigenvalue weighted by Gasteiger charge is -2.17. The second-order valence-corrected chi connectivity index (χ2v) is 9.57. The van der Waals surface area contributed by atoms with E-state index in [9.17, 15) is 4.79 Å². The highest BCUT2D eigenvalue weighted by Crippen LogP contribution is 2.50. The Kier molecular flexibility index (Phi) is 6.11. The highest BCUT2D eigenvalue weighted by molar-refractivity contribution is 8.19. The number of aromatic nitrogens is 1. The van der Waals surface area contributed by atoms with Crippen molar-refractivity contribution in [2.24, 2.45) is 4.99 Å². The SMILES string of the molecule is CCNc1ccncc1N=C1S/C(=C2\Sc3ccccc3N2C)C(=O)N1Cc1ccccc1. The highest BCUT2D eigenvalue weighted by Gasteiger charge is 2.39. The Balaban J connectivity index is 1.57. The zero-order chi connectivity index (χ0) is 22.8. The van der Waals surface area contributed by atoms with Gasteiger partial charge in [-0.05, 0) is 42.4 Å². The van der Waals surface area contributed by atoms with Crippen LogP contribution in [-0.4, -0.2) is 34.6 Å². The molecule has 0 spiro atoms. The number of thioether (sulfide) groups is 2. The Morgan fingerprint density at radius 2 is 1.82 bits per heavy atom. The van der Waals surface area contributed by atoms with Crippen molar-refractivity contribution in [3.8, 4) is 0 Å². The van der Waals surface area contributed by atoms with Crippen LogP contribution in [-0.2, 0) is 11.3 Å². The molecule has 1 saturated heterocycles. The van der Waals surface area contributed by atoms with Crippen molar-refractivity contribution in [3.05, 3.63) is 88.6 Å². The van der Waals surface area contributed by atoms with Gasteiger partial charge in [-0.15, -0.1) is 0 Å². The summed E-state index contributed by atoms with van der Waals surface area (Å²) in [6, 6.07) is 20.1. The number of anilines is 2. The molecule has 166 valence electrons. The van der Waals surface area contributed by atoms with Crippen LogP contribution in [0.4, 0.5) is 17.1 Å². The average molecular weight is 474 g/mol. The fourth-order valence-corrected chi connectivity index (χ4v) is 6.08. The summed E-state index contributed by atoms with van der Waals surface area (Å²) in [5, 5.41) is 4.92. The van der Waals surface area contributed by atoms with Gasteiger partial charge in [0.05, 0.1) is 29.1 Å². The smallest absolute Gasteiger partial charge is 0.269 e. The molecule has 2 aliphatic rings. The molecule has 1 aromatic heterocycles. The van der Waals surface area contributed by atoms with Crippen molar-refractivity contribution in [3.63, 3.8) is 0 Å². The summed E-state index contributed by atoms with van der Waals surface area (Å²) in [5.41, 5.74) is 3.78. The van der Waals surface area contributed by atoms with Crippen molar-refractivity contribution >= 4 is 51.7 Å². The van der Waals surface area contributed by atoms with Crippen LogP contribution >= 0.6 is 23.5 Å². The molecule has 1 amide bonds. The molecule has 1 N–H and O–H groups in total. The number of para-hydroxylation sites is 1. The molecule has 2 aliphatic heterocycles. The van der Waals surface area contributed by atoms with Crippen LogP contribution in [0.2, 0.25) is 0 Å². The molecular weight excluding hydrogens is 450 g/mol. The van der Waals surface area contributed by atoms with Crippen LogP contribution in [0, 0.1) is 0 Å². The predicted octanol–water partition coefficient (Wildman–Crippen LogP) is 5.69. The lowest BCUT2D eigenvalue weighted by molar-refractivity contribution is -0.122. The number of hydrogen-bond acceptors (Lipinski definition) is 7. The summed E-state index contributed by atoms with van der Waals surface area (Å²) in [6.45, 7) is 3.28. The Bertz CT molecular complexity index is 1260. The van der Waals surface area contributed by atoms with Gasteiger partial charge in [-0.25, -0.2) is 4.99 Å². The first kappa shape index (κ1) is 21.6. The Labute approximate surface area is 201 Å². The highest BCUT2D eigenvalue weighted by atomic mass is 32.2. The van der Waals surface area contributed by atoms with E-state index in [-0.39, 0.29) is 5.91 Å². The second kappa shape index (κ2) is 9.33. The lowest BCUT2D eigenvalue weighted by atomic mass is 10.2. The average Bonchev–Trinajstić information content (AvgIpc) is 3.33. The predicted molar refractivity (Wildman–Crippen MR) is 138 cm³/mol. The first-order chi connectivity index (χ1) is 16.2. The number of nitrogens with zero attached hydrogens (tertiary/aromatic N) is 4. The molecule has 0 bridgehead atoms. The van der Waals surface area contributed by atoms with Crippen LogP contribution in [0.1, 0.15) is 12.5 Å². The van der Waals surface area contributed by atoms with E-state index < -0.39 is 0 Å². The van der Waals surface area contributed by atoms with E-state index in [1.165, 1.54) is 11.8 Å². The first-order valence-corrected chi connectivity index (χ1v) is 12.3. The monoisotopic (exact) mass is 473 g/mol. The zero-order valence-corrected chi connectivity index (χ0v) is 20.0. The van der Waals surface area contributed by atoms with E-state index >= 15 is 0 Å².